The molecule has 3 fully saturated rings. The van der Waals surface area contributed by atoms with Crippen molar-refractivity contribution in [3.63, 3.8) is 0 Å². The summed E-state index contributed by atoms with van der Waals surface area (Å²) < 4.78 is 6.27. The van der Waals surface area contributed by atoms with E-state index in [0.717, 1.165) is 37.4 Å². The first kappa shape index (κ1) is 15.3. The molecule has 0 aromatic carbocycles. The van der Waals surface area contributed by atoms with Crippen LogP contribution in [0.15, 0.2) is 24.5 Å². The van der Waals surface area contributed by atoms with Gasteiger partial charge in [0.05, 0.1) is 10.9 Å². The zero-order valence-corrected chi connectivity index (χ0v) is 14.3. The van der Waals surface area contributed by atoms with Crippen LogP contribution in [0.4, 0.5) is 0 Å². The van der Waals surface area contributed by atoms with Crippen LogP contribution in [0, 0.1) is 5.92 Å². The fourth-order valence-corrected chi connectivity index (χ4v) is 5.65. The van der Waals surface area contributed by atoms with Crippen molar-refractivity contribution in [3.8, 4) is 5.75 Å². The summed E-state index contributed by atoms with van der Waals surface area (Å²) in [6.45, 7) is 1.83. The maximum absolute atomic E-state index is 12.4. The first-order chi connectivity index (χ1) is 11.2. The zero-order chi connectivity index (χ0) is 15.7. The number of amides is 1. The van der Waals surface area contributed by atoms with E-state index in [1.165, 1.54) is 25.7 Å². The number of hydrogen-bond donors (Lipinski definition) is 0. The average Bonchev–Trinajstić information content (AvgIpc) is 3.16. The largest absolute Gasteiger partial charge is 0.488 e. The Bertz CT molecular complexity index is 553. The molecule has 1 aliphatic carbocycles. The Kier molecular flexibility index (Phi) is 4.22. The molecule has 2 saturated heterocycles. The Morgan fingerprint density at radius 2 is 2.22 bits per heavy atom. The number of carbonyl (C=O) groups is 1. The topological polar surface area (TPSA) is 42.4 Å². The van der Waals surface area contributed by atoms with E-state index in [1.54, 1.807) is 12.4 Å². The molecule has 1 saturated carbocycles. The number of thioether (sulfide) groups is 1. The van der Waals surface area contributed by atoms with Gasteiger partial charge < -0.3 is 9.64 Å². The molecule has 3 heterocycles. The molecule has 5 heteroatoms. The van der Waals surface area contributed by atoms with Crippen LogP contribution < -0.4 is 4.74 Å². The molecule has 23 heavy (non-hydrogen) atoms. The van der Waals surface area contributed by atoms with Gasteiger partial charge in [-0.15, -0.1) is 11.8 Å². The highest BCUT2D eigenvalue weighted by molar-refractivity contribution is 8.01. The van der Waals surface area contributed by atoms with Crippen molar-refractivity contribution in [1.29, 1.82) is 0 Å². The van der Waals surface area contributed by atoms with Crippen LogP contribution in [0.3, 0.4) is 0 Å². The van der Waals surface area contributed by atoms with Gasteiger partial charge in [-0.25, -0.2) is 0 Å². The molecule has 0 radical (unpaired) electrons. The number of pyridine rings is 1. The molecular weight excluding hydrogens is 308 g/mol. The van der Waals surface area contributed by atoms with E-state index in [1.807, 2.05) is 23.9 Å². The van der Waals surface area contributed by atoms with Crippen LogP contribution >= 0.6 is 11.8 Å². The Morgan fingerprint density at radius 1 is 1.39 bits per heavy atom. The smallest absolute Gasteiger partial charge is 0.222 e. The third kappa shape index (κ3) is 3.35. The van der Waals surface area contributed by atoms with E-state index in [2.05, 4.69) is 9.88 Å². The van der Waals surface area contributed by atoms with Gasteiger partial charge in [0.1, 0.15) is 11.9 Å². The predicted octanol–water partition coefficient (Wildman–Crippen LogP) is 3.13. The fraction of sp³-hybridized carbons (Fsp3) is 0.667. The van der Waals surface area contributed by atoms with Gasteiger partial charge in [-0.2, -0.15) is 0 Å². The van der Waals surface area contributed by atoms with Crippen molar-refractivity contribution in [2.75, 3.05) is 18.8 Å². The lowest BCUT2D eigenvalue weighted by molar-refractivity contribution is -0.137. The summed E-state index contributed by atoms with van der Waals surface area (Å²) in [7, 11) is 0. The number of likely N-dealkylation sites (tertiary alicyclic amines) is 1. The number of nitrogens with zero attached hydrogens (tertiary/aromatic N) is 2. The van der Waals surface area contributed by atoms with Crippen LogP contribution in [0.5, 0.6) is 5.75 Å². The summed E-state index contributed by atoms with van der Waals surface area (Å²) in [6, 6.07) is 3.86. The van der Waals surface area contributed by atoms with Crippen molar-refractivity contribution < 1.29 is 9.53 Å². The van der Waals surface area contributed by atoms with E-state index in [0.29, 0.717) is 11.8 Å². The molecule has 3 aliphatic rings. The number of ether oxygens (including phenoxy) is 1. The molecule has 2 aliphatic heterocycles. The second kappa shape index (κ2) is 6.34. The quantitative estimate of drug-likeness (QED) is 0.849. The standard InChI is InChI=1S/C18H24N2O2S/c21-17(8-14-4-1-2-5-14)20-12-18(13-20)9-16(11-23-18)22-15-6-3-7-19-10-15/h3,6-7,10,14,16H,1-2,4-5,8-9,11-13H2/t16-/m1/s1. The van der Waals surface area contributed by atoms with Gasteiger partial charge in [-0.3, -0.25) is 9.78 Å². The fourth-order valence-electron chi connectivity index (χ4n) is 4.12. The molecule has 4 nitrogen and oxygen atoms in total. The molecule has 1 spiro atoms. The van der Waals surface area contributed by atoms with Crippen LogP contribution in [-0.2, 0) is 4.79 Å². The first-order valence-corrected chi connectivity index (χ1v) is 9.69. The molecule has 1 atom stereocenters. The van der Waals surface area contributed by atoms with Crippen molar-refractivity contribution in [1.82, 2.24) is 9.88 Å². The molecule has 0 bridgehead atoms. The van der Waals surface area contributed by atoms with Crippen molar-refractivity contribution in [2.45, 2.75) is 49.4 Å². The lowest BCUT2D eigenvalue weighted by atomic mass is 9.91. The second-order valence-corrected chi connectivity index (χ2v) is 8.72. The van der Waals surface area contributed by atoms with Crippen LogP contribution in [0.2, 0.25) is 0 Å². The number of carbonyl (C=O) groups excluding carboxylic acids is 1. The summed E-state index contributed by atoms with van der Waals surface area (Å²) in [6.07, 6.45) is 10.7. The van der Waals surface area contributed by atoms with E-state index in [-0.39, 0.29) is 10.9 Å². The Hall–Kier alpha value is -1.23. The van der Waals surface area contributed by atoms with Gasteiger partial charge in [0.2, 0.25) is 5.91 Å². The predicted molar refractivity (Wildman–Crippen MR) is 91.6 cm³/mol. The summed E-state index contributed by atoms with van der Waals surface area (Å²) in [4.78, 5) is 18.5. The van der Waals surface area contributed by atoms with Crippen molar-refractivity contribution >= 4 is 17.7 Å². The summed E-state index contributed by atoms with van der Waals surface area (Å²) >= 11 is 1.98. The van der Waals surface area contributed by atoms with E-state index in [4.69, 9.17) is 4.74 Å². The van der Waals surface area contributed by atoms with Crippen LogP contribution in [-0.4, -0.2) is 45.5 Å². The molecule has 1 aromatic rings. The van der Waals surface area contributed by atoms with Crippen molar-refractivity contribution in [2.24, 2.45) is 5.92 Å². The van der Waals surface area contributed by atoms with E-state index >= 15 is 0 Å². The number of hydrogen-bond acceptors (Lipinski definition) is 4. The summed E-state index contributed by atoms with van der Waals surface area (Å²) in [5, 5.41) is 0. The molecule has 124 valence electrons. The van der Waals surface area contributed by atoms with Crippen LogP contribution in [0.1, 0.15) is 38.5 Å². The van der Waals surface area contributed by atoms with Gasteiger partial charge in [0, 0.05) is 37.9 Å². The van der Waals surface area contributed by atoms with Gasteiger partial charge >= 0.3 is 0 Å². The second-order valence-electron chi connectivity index (χ2n) is 7.23. The average molecular weight is 332 g/mol. The minimum absolute atomic E-state index is 0.247. The molecule has 1 amide bonds. The van der Waals surface area contributed by atoms with Gasteiger partial charge in [0.15, 0.2) is 0 Å². The minimum Gasteiger partial charge on any atom is -0.488 e. The van der Waals surface area contributed by atoms with E-state index in [9.17, 15) is 4.79 Å². The van der Waals surface area contributed by atoms with Gasteiger partial charge in [-0.05, 0) is 30.9 Å². The van der Waals surface area contributed by atoms with Crippen LogP contribution in [0.25, 0.3) is 0 Å². The summed E-state index contributed by atoms with van der Waals surface area (Å²) in [5.74, 6) is 2.89. The highest BCUT2D eigenvalue weighted by Gasteiger charge is 2.51. The SMILES string of the molecule is O=C(CC1CCCC1)N1CC2(C[C@@H](Oc3cccnc3)CS2)C1. The van der Waals surface area contributed by atoms with Crippen molar-refractivity contribution in [3.05, 3.63) is 24.5 Å². The highest BCUT2D eigenvalue weighted by atomic mass is 32.2. The van der Waals surface area contributed by atoms with E-state index < -0.39 is 0 Å². The third-order valence-corrected chi connectivity index (χ3v) is 6.94. The van der Waals surface area contributed by atoms with Gasteiger partial charge in [-0.1, -0.05) is 12.8 Å². The Labute approximate surface area is 142 Å². The number of aromatic nitrogens is 1. The van der Waals surface area contributed by atoms with Gasteiger partial charge in [0.25, 0.3) is 0 Å². The number of rotatable bonds is 4. The zero-order valence-electron chi connectivity index (χ0n) is 13.4. The molecule has 4 rings (SSSR count). The maximum atomic E-state index is 12.4. The normalized spacial score (nSPS) is 26.4. The lowest BCUT2D eigenvalue weighted by Crippen LogP contribution is -2.61. The molecule has 0 N–H and O–H groups in total. The molecular formula is C18H24N2O2S. The third-order valence-electron chi connectivity index (χ3n) is 5.36. The molecule has 0 unspecified atom stereocenters. The Balaban J connectivity index is 1.25. The summed E-state index contributed by atoms with van der Waals surface area (Å²) in [5.41, 5.74) is 0. The minimum atomic E-state index is 0.247. The Morgan fingerprint density at radius 3 is 2.96 bits per heavy atom. The lowest BCUT2D eigenvalue weighted by Gasteiger charge is -2.47. The first-order valence-electron chi connectivity index (χ1n) is 8.71. The molecule has 1 aromatic heterocycles. The highest BCUT2D eigenvalue weighted by Crippen LogP contribution is 2.46. The maximum Gasteiger partial charge on any atom is 0.222 e. The monoisotopic (exact) mass is 332 g/mol.